The summed E-state index contributed by atoms with van der Waals surface area (Å²) in [5.41, 5.74) is 3.23. The van der Waals surface area contributed by atoms with Gasteiger partial charge in [0.2, 0.25) is 5.91 Å². The largest absolute Gasteiger partial charge is 0.396 e. The number of benzene rings is 2. The Morgan fingerprint density at radius 1 is 0.868 bits per heavy atom. The summed E-state index contributed by atoms with van der Waals surface area (Å²) in [7, 11) is 0. The number of fused-ring (bicyclic) bond motifs is 3. The molecule has 9 nitrogen and oxygen atoms in total. The quantitative estimate of drug-likeness (QED) is 0.576. The van der Waals surface area contributed by atoms with Gasteiger partial charge in [0.1, 0.15) is 0 Å². The molecule has 0 N–H and O–H groups in total. The summed E-state index contributed by atoms with van der Waals surface area (Å²) >= 11 is 0. The zero-order valence-electron chi connectivity index (χ0n) is 21.0. The van der Waals surface area contributed by atoms with Crippen LogP contribution in [-0.4, -0.2) is 71.2 Å². The van der Waals surface area contributed by atoms with Gasteiger partial charge in [-0.25, -0.2) is 9.59 Å². The number of likely N-dealkylation sites (tertiary alicyclic amines) is 1. The number of hydrogen-bond donors (Lipinski definition) is 0. The molecule has 0 unspecified atom stereocenters. The fraction of sp³-hybridized carbons (Fsp3) is 0.379. The molecule has 1 spiro atoms. The first-order chi connectivity index (χ1) is 18.4. The highest BCUT2D eigenvalue weighted by Crippen LogP contribution is 2.43. The molecule has 0 aliphatic carbocycles. The minimum atomic E-state index is -1.91. The molecule has 0 aromatic heterocycles. The Morgan fingerprint density at radius 2 is 1.53 bits per heavy atom. The number of hydrogen-bond acceptors (Lipinski definition) is 7. The minimum absolute atomic E-state index is 0.0898. The molecule has 196 valence electrons. The molecule has 9 heteroatoms. The van der Waals surface area contributed by atoms with Gasteiger partial charge in [-0.1, -0.05) is 36.4 Å². The number of carbonyl (C=O) groups excluding carboxylic acids is 4. The first kappa shape index (κ1) is 24.4. The van der Waals surface area contributed by atoms with Gasteiger partial charge in [-0.15, -0.1) is 0 Å². The first-order valence-electron chi connectivity index (χ1n) is 13.1. The highest BCUT2D eigenvalue weighted by molar-refractivity contribution is 6.01. The summed E-state index contributed by atoms with van der Waals surface area (Å²) in [6.07, 6.45) is 4.41. The number of nitrogens with zero attached hydrogens (tertiary/aromatic N) is 3. The number of piperidine rings is 1. The number of rotatable bonds is 4. The third kappa shape index (κ3) is 4.36. The highest BCUT2D eigenvalue weighted by atomic mass is 16.8. The van der Waals surface area contributed by atoms with Crippen LogP contribution in [0.3, 0.4) is 0 Å². The van der Waals surface area contributed by atoms with E-state index in [1.807, 2.05) is 17.0 Å². The Labute approximate surface area is 220 Å². The van der Waals surface area contributed by atoms with Gasteiger partial charge in [0.05, 0.1) is 17.7 Å². The Kier molecular flexibility index (Phi) is 6.23. The summed E-state index contributed by atoms with van der Waals surface area (Å²) in [4.78, 5) is 56.6. The van der Waals surface area contributed by atoms with Crippen molar-refractivity contribution >= 4 is 23.8 Å². The maximum Gasteiger partial charge on any atom is 0.375 e. The molecule has 2 aromatic carbocycles. The Hall–Kier alpha value is -3.98. The molecular formula is C29H29N3O6. The molecule has 4 heterocycles. The van der Waals surface area contributed by atoms with Crippen LogP contribution in [0.5, 0.6) is 0 Å². The van der Waals surface area contributed by atoms with Gasteiger partial charge < -0.3 is 14.4 Å². The van der Waals surface area contributed by atoms with E-state index in [-0.39, 0.29) is 24.3 Å². The lowest BCUT2D eigenvalue weighted by Crippen LogP contribution is -2.52. The predicted molar refractivity (Wildman–Crippen MR) is 135 cm³/mol. The van der Waals surface area contributed by atoms with Gasteiger partial charge in [-0.05, 0) is 61.5 Å². The molecule has 1 fully saturated rings. The van der Waals surface area contributed by atoms with Crippen molar-refractivity contribution in [2.24, 2.45) is 5.92 Å². The Bertz CT molecular complexity index is 1310. The first-order valence-corrected chi connectivity index (χ1v) is 13.1. The summed E-state index contributed by atoms with van der Waals surface area (Å²) in [5.74, 6) is -3.54. The third-order valence-corrected chi connectivity index (χ3v) is 7.92. The maximum absolute atomic E-state index is 13.4. The Morgan fingerprint density at radius 3 is 2.26 bits per heavy atom. The molecule has 2 aromatic rings. The summed E-state index contributed by atoms with van der Waals surface area (Å²) in [6.45, 7) is 3.44. The molecule has 0 atom stereocenters. The molecule has 38 heavy (non-hydrogen) atoms. The summed E-state index contributed by atoms with van der Waals surface area (Å²) < 4.78 is 11.2. The highest BCUT2D eigenvalue weighted by Gasteiger charge is 2.57. The van der Waals surface area contributed by atoms with Crippen LogP contribution in [0.15, 0.2) is 60.7 Å². The summed E-state index contributed by atoms with van der Waals surface area (Å²) in [6, 6.07) is 15.0. The van der Waals surface area contributed by atoms with E-state index in [0.29, 0.717) is 37.3 Å². The second-order valence-electron chi connectivity index (χ2n) is 10.3. The van der Waals surface area contributed by atoms with Crippen molar-refractivity contribution in [2.75, 3.05) is 32.7 Å². The molecule has 0 bridgehead atoms. The van der Waals surface area contributed by atoms with Crippen molar-refractivity contribution < 1.29 is 28.7 Å². The number of carbonyl (C=O) groups is 4. The van der Waals surface area contributed by atoms with Crippen molar-refractivity contribution in [1.82, 2.24) is 14.7 Å². The number of esters is 2. The molecule has 0 radical (unpaired) electrons. The zero-order chi connectivity index (χ0) is 26.3. The molecule has 0 saturated carbocycles. The lowest BCUT2D eigenvalue weighted by Gasteiger charge is -2.39. The van der Waals surface area contributed by atoms with Crippen molar-refractivity contribution in [3.8, 4) is 0 Å². The molecule has 1 saturated heterocycles. The van der Waals surface area contributed by atoms with E-state index in [4.69, 9.17) is 9.47 Å². The van der Waals surface area contributed by atoms with E-state index in [0.717, 1.165) is 38.0 Å². The van der Waals surface area contributed by atoms with Gasteiger partial charge in [0, 0.05) is 31.8 Å². The second-order valence-corrected chi connectivity index (χ2v) is 10.3. The minimum Gasteiger partial charge on any atom is -0.396 e. The lowest BCUT2D eigenvalue weighted by atomic mass is 9.95. The van der Waals surface area contributed by atoms with Crippen LogP contribution in [0.4, 0.5) is 0 Å². The van der Waals surface area contributed by atoms with Gasteiger partial charge in [0.15, 0.2) is 0 Å². The molecule has 6 rings (SSSR count). The third-order valence-electron chi connectivity index (χ3n) is 7.92. The average molecular weight is 516 g/mol. The van der Waals surface area contributed by atoms with E-state index >= 15 is 0 Å². The number of amides is 2. The van der Waals surface area contributed by atoms with Crippen LogP contribution >= 0.6 is 0 Å². The van der Waals surface area contributed by atoms with Gasteiger partial charge >= 0.3 is 17.8 Å². The van der Waals surface area contributed by atoms with Crippen LogP contribution in [-0.2, 0) is 42.7 Å². The lowest BCUT2D eigenvalue weighted by molar-refractivity contribution is -0.274. The molecule has 4 aliphatic rings. The van der Waals surface area contributed by atoms with Gasteiger partial charge in [-0.3, -0.25) is 19.4 Å². The molecule has 2 amide bonds. The maximum atomic E-state index is 13.4. The average Bonchev–Trinajstić information content (AvgIpc) is 3.04. The van der Waals surface area contributed by atoms with Crippen LogP contribution in [0.1, 0.15) is 39.9 Å². The van der Waals surface area contributed by atoms with Crippen LogP contribution in [0.25, 0.3) is 0 Å². The topological polar surface area (TPSA) is 96.5 Å². The van der Waals surface area contributed by atoms with Crippen molar-refractivity contribution in [1.29, 1.82) is 0 Å². The second kappa shape index (κ2) is 9.72. The molecular weight excluding hydrogens is 486 g/mol. The monoisotopic (exact) mass is 515 g/mol. The van der Waals surface area contributed by atoms with E-state index in [1.54, 1.807) is 24.3 Å². The smallest absolute Gasteiger partial charge is 0.375 e. The van der Waals surface area contributed by atoms with Crippen LogP contribution in [0.2, 0.25) is 0 Å². The fourth-order valence-corrected chi connectivity index (χ4v) is 5.88. The van der Waals surface area contributed by atoms with Gasteiger partial charge in [0.25, 0.3) is 5.91 Å². The van der Waals surface area contributed by atoms with Crippen LogP contribution in [0, 0.1) is 5.92 Å². The van der Waals surface area contributed by atoms with E-state index in [2.05, 4.69) is 17.0 Å². The van der Waals surface area contributed by atoms with Crippen molar-refractivity contribution in [2.45, 2.75) is 31.7 Å². The Balaban J connectivity index is 1.10. The van der Waals surface area contributed by atoms with E-state index in [1.165, 1.54) is 16.0 Å². The van der Waals surface area contributed by atoms with E-state index < -0.39 is 17.8 Å². The summed E-state index contributed by atoms with van der Waals surface area (Å²) in [5, 5.41) is 0. The van der Waals surface area contributed by atoms with Crippen molar-refractivity contribution in [3.05, 3.63) is 82.9 Å². The SMILES string of the molecule is O=C1C=CC(=O)OC2(O1)c1ccccc1C(=O)N2CC1CCN(CC(=O)N2CCc3ccccc3C2)CC1. The van der Waals surface area contributed by atoms with Crippen molar-refractivity contribution in [3.63, 3.8) is 0 Å². The van der Waals surface area contributed by atoms with E-state index in [9.17, 15) is 19.2 Å². The zero-order valence-corrected chi connectivity index (χ0v) is 21.0. The molecule has 4 aliphatic heterocycles. The predicted octanol–water partition coefficient (Wildman–Crippen LogP) is 2.21. The van der Waals surface area contributed by atoms with Crippen LogP contribution < -0.4 is 0 Å². The van der Waals surface area contributed by atoms with Gasteiger partial charge in [-0.2, -0.15) is 0 Å². The normalized spacial score (nSPS) is 21.1. The fourth-order valence-electron chi connectivity index (χ4n) is 5.88. The standard InChI is InChI=1S/C29H29N3O6/c33-25(31-16-13-21-5-1-2-6-22(21)18-31)19-30-14-11-20(12-15-30)17-32-28(36)23-7-3-4-8-24(23)29(32)37-26(34)9-10-27(35)38-29/h1-10,20H,11-19H2. The number of ether oxygens (including phenoxy) is 2.